The minimum atomic E-state index is -0.539. The summed E-state index contributed by atoms with van der Waals surface area (Å²) in [6, 6.07) is 14.9. The minimum absolute atomic E-state index is 0.0744. The van der Waals surface area contributed by atoms with Crippen LogP contribution in [0.15, 0.2) is 48.5 Å². The molecule has 2 amide bonds. The average Bonchev–Trinajstić information content (AvgIpc) is 2.62. The van der Waals surface area contributed by atoms with Crippen molar-refractivity contribution in [1.29, 1.82) is 0 Å². The average molecular weight is 336 g/mol. The molecule has 0 aromatic heterocycles. The molecule has 1 aliphatic heterocycles. The monoisotopic (exact) mass is 336 g/mol. The van der Waals surface area contributed by atoms with Gasteiger partial charge in [-0.1, -0.05) is 36.8 Å². The summed E-state index contributed by atoms with van der Waals surface area (Å²) in [5.41, 5.74) is 5.12. The molecule has 2 N–H and O–H groups in total. The zero-order chi connectivity index (χ0) is 17.4. The predicted octanol–water partition coefficient (Wildman–Crippen LogP) is 2.88. The van der Waals surface area contributed by atoms with Crippen molar-refractivity contribution in [3.63, 3.8) is 0 Å². The Kier molecular flexibility index (Phi) is 3.81. The number of amides is 2. The van der Waals surface area contributed by atoms with E-state index in [2.05, 4.69) is 6.07 Å². The lowest BCUT2D eigenvalue weighted by Crippen LogP contribution is -2.52. The van der Waals surface area contributed by atoms with E-state index in [0.29, 0.717) is 12.1 Å². The molecule has 1 aliphatic carbocycles. The fraction of sp³-hybridized carbons (Fsp3) is 0.300. The molecule has 1 fully saturated rings. The number of nitrogens with zero attached hydrogens (tertiary/aromatic N) is 1. The van der Waals surface area contributed by atoms with Gasteiger partial charge in [-0.05, 0) is 42.2 Å². The van der Waals surface area contributed by atoms with E-state index in [1.807, 2.05) is 35.2 Å². The van der Waals surface area contributed by atoms with Crippen molar-refractivity contribution < 1.29 is 14.8 Å². The summed E-state index contributed by atoms with van der Waals surface area (Å²) in [7, 11) is 0. The van der Waals surface area contributed by atoms with E-state index in [4.69, 9.17) is 5.21 Å². The quantitative estimate of drug-likeness (QED) is 0.669. The number of fused-ring (bicyclic) bond motifs is 2. The van der Waals surface area contributed by atoms with Crippen molar-refractivity contribution in [1.82, 2.24) is 10.4 Å². The second kappa shape index (κ2) is 6.01. The molecule has 0 atom stereocenters. The maximum Gasteiger partial charge on any atom is 0.274 e. The van der Waals surface area contributed by atoms with Gasteiger partial charge in [0.25, 0.3) is 11.8 Å². The summed E-state index contributed by atoms with van der Waals surface area (Å²) >= 11 is 0. The molecule has 1 saturated carbocycles. The third-order valence-corrected chi connectivity index (χ3v) is 5.51. The van der Waals surface area contributed by atoms with Gasteiger partial charge in [-0.15, -0.1) is 0 Å². The molecule has 25 heavy (non-hydrogen) atoms. The Balaban J connectivity index is 1.59. The summed E-state index contributed by atoms with van der Waals surface area (Å²) in [4.78, 5) is 26.2. The summed E-state index contributed by atoms with van der Waals surface area (Å²) in [5.74, 6) is -0.465. The molecule has 0 saturated heterocycles. The van der Waals surface area contributed by atoms with Crippen molar-refractivity contribution in [3.8, 4) is 0 Å². The third kappa shape index (κ3) is 2.61. The Labute approximate surface area is 146 Å². The van der Waals surface area contributed by atoms with Crippen LogP contribution in [0.1, 0.15) is 51.1 Å². The van der Waals surface area contributed by atoms with Crippen LogP contribution in [0.5, 0.6) is 0 Å². The van der Waals surface area contributed by atoms with Crippen LogP contribution in [0.25, 0.3) is 0 Å². The fourth-order valence-corrected chi connectivity index (χ4v) is 4.03. The Morgan fingerprint density at radius 1 is 1.12 bits per heavy atom. The fourth-order valence-electron chi connectivity index (χ4n) is 4.03. The van der Waals surface area contributed by atoms with E-state index in [9.17, 15) is 9.59 Å². The van der Waals surface area contributed by atoms with Crippen molar-refractivity contribution in [2.75, 3.05) is 6.54 Å². The number of rotatable bonds is 3. The summed E-state index contributed by atoms with van der Waals surface area (Å²) in [6.07, 6.45) is 3.47. The number of nitrogens with one attached hydrogen (secondary N) is 1. The summed E-state index contributed by atoms with van der Waals surface area (Å²) in [6.45, 7) is 1.28. The van der Waals surface area contributed by atoms with Crippen LogP contribution in [-0.4, -0.2) is 28.5 Å². The first-order valence-electron chi connectivity index (χ1n) is 8.55. The Hall–Kier alpha value is -2.66. The first-order chi connectivity index (χ1) is 12.1. The topological polar surface area (TPSA) is 69.6 Å². The largest absolute Gasteiger partial charge is 0.333 e. The molecule has 5 nitrogen and oxygen atoms in total. The smallest absolute Gasteiger partial charge is 0.274 e. The van der Waals surface area contributed by atoms with Gasteiger partial charge in [-0.2, -0.15) is 0 Å². The van der Waals surface area contributed by atoms with E-state index in [0.717, 1.165) is 30.5 Å². The number of carbonyl (C=O) groups is 2. The van der Waals surface area contributed by atoms with E-state index in [1.54, 1.807) is 17.6 Å². The molecule has 2 aromatic carbocycles. The van der Waals surface area contributed by atoms with Gasteiger partial charge >= 0.3 is 0 Å². The van der Waals surface area contributed by atoms with Crippen LogP contribution in [0, 0.1) is 0 Å². The first-order valence-corrected chi connectivity index (χ1v) is 8.55. The molecule has 1 spiro atoms. The number of hydrogen-bond acceptors (Lipinski definition) is 3. The van der Waals surface area contributed by atoms with Crippen molar-refractivity contribution in [3.05, 3.63) is 70.8 Å². The molecule has 2 aromatic rings. The molecule has 4 rings (SSSR count). The second-order valence-corrected chi connectivity index (χ2v) is 6.98. The highest BCUT2D eigenvalue weighted by atomic mass is 16.5. The maximum absolute atomic E-state index is 12.9. The Morgan fingerprint density at radius 2 is 1.84 bits per heavy atom. The maximum atomic E-state index is 12.9. The van der Waals surface area contributed by atoms with Crippen LogP contribution in [0.4, 0.5) is 0 Å². The van der Waals surface area contributed by atoms with E-state index in [1.165, 1.54) is 12.0 Å². The number of carbonyl (C=O) groups excluding carboxylic acids is 2. The zero-order valence-electron chi connectivity index (χ0n) is 13.9. The van der Waals surface area contributed by atoms with Crippen molar-refractivity contribution in [2.45, 2.75) is 31.2 Å². The first kappa shape index (κ1) is 15.8. The Bertz CT molecular complexity index is 825. The number of hydroxylamine groups is 1. The van der Waals surface area contributed by atoms with E-state index < -0.39 is 5.91 Å². The van der Waals surface area contributed by atoms with Gasteiger partial charge in [0.2, 0.25) is 0 Å². The predicted molar refractivity (Wildman–Crippen MR) is 92.4 cm³/mol. The van der Waals surface area contributed by atoms with Gasteiger partial charge in [0, 0.05) is 29.6 Å². The molecule has 5 heteroatoms. The van der Waals surface area contributed by atoms with E-state index >= 15 is 0 Å². The minimum Gasteiger partial charge on any atom is -0.333 e. The van der Waals surface area contributed by atoms with E-state index in [-0.39, 0.29) is 11.3 Å². The van der Waals surface area contributed by atoms with Crippen LogP contribution in [0.3, 0.4) is 0 Å². The number of benzene rings is 2. The lowest BCUT2D eigenvalue weighted by Gasteiger charge is -2.49. The van der Waals surface area contributed by atoms with Crippen LogP contribution in [-0.2, 0) is 12.0 Å². The highest BCUT2D eigenvalue weighted by molar-refractivity contribution is 5.97. The summed E-state index contributed by atoms with van der Waals surface area (Å²) in [5, 5.41) is 8.69. The molecule has 0 radical (unpaired) electrons. The molecule has 0 bridgehead atoms. The summed E-state index contributed by atoms with van der Waals surface area (Å²) < 4.78 is 0. The molecule has 128 valence electrons. The zero-order valence-corrected chi connectivity index (χ0v) is 13.9. The molecular weight excluding hydrogens is 316 g/mol. The van der Waals surface area contributed by atoms with Gasteiger partial charge in [-0.3, -0.25) is 14.8 Å². The number of hydrogen-bond donors (Lipinski definition) is 2. The normalized spacial score (nSPS) is 17.8. The lowest BCUT2D eigenvalue weighted by atomic mass is 9.61. The van der Waals surface area contributed by atoms with Crippen molar-refractivity contribution in [2.24, 2.45) is 0 Å². The lowest BCUT2D eigenvalue weighted by molar-refractivity contribution is 0.0570. The van der Waals surface area contributed by atoms with Crippen LogP contribution in [0.2, 0.25) is 0 Å². The van der Waals surface area contributed by atoms with Crippen molar-refractivity contribution >= 4 is 11.8 Å². The second-order valence-electron chi connectivity index (χ2n) is 6.98. The van der Waals surface area contributed by atoms with Gasteiger partial charge in [-0.25, -0.2) is 5.48 Å². The molecule has 1 heterocycles. The standard InChI is InChI=1S/C20H20N2O3/c23-18(21-25)15-8-6-14(7-9-15)12-22-13-20(10-3-11-20)17-5-2-1-4-16(17)19(22)24/h1-2,4-9,25H,3,10-13H2,(H,21,23). The van der Waals surface area contributed by atoms with Gasteiger partial charge in [0.1, 0.15) is 0 Å². The molecule has 2 aliphatic rings. The van der Waals surface area contributed by atoms with Gasteiger partial charge in [0.15, 0.2) is 0 Å². The highest BCUT2D eigenvalue weighted by Gasteiger charge is 2.46. The van der Waals surface area contributed by atoms with Crippen LogP contribution >= 0.6 is 0 Å². The van der Waals surface area contributed by atoms with Crippen LogP contribution < -0.4 is 5.48 Å². The molecule has 0 unspecified atom stereocenters. The highest BCUT2D eigenvalue weighted by Crippen LogP contribution is 2.48. The SMILES string of the molecule is O=C(NO)c1ccc(CN2CC3(CCC3)c3ccccc3C2=O)cc1. The van der Waals surface area contributed by atoms with Gasteiger partial charge < -0.3 is 4.90 Å². The molecular formula is C20H20N2O3. The third-order valence-electron chi connectivity index (χ3n) is 5.51. The Morgan fingerprint density at radius 3 is 2.48 bits per heavy atom. The van der Waals surface area contributed by atoms with Gasteiger partial charge in [0.05, 0.1) is 0 Å².